The van der Waals surface area contributed by atoms with Crippen LogP contribution in [0.5, 0.6) is 0 Å². The van der Waals surface area contributed by atoms with Crippen LogP contribution in [0, 0.1) is 0 Å². The fourth-order valence-corrected chi connectivity index (χ4v) is 2.32. The number of nitrogens with zero attached hydrogens (tertiary/aromatic N) is 2. The summed E-state index contributed by atoms with van der Waals surface area (Å²) in [5.41, 5.74) is 0.596. The SMILES string of the molecule is O=C(NC1(C(=O)O)CCC1)c1ccc2nccnc2c1. The lowest BCUT2D eigenvalue weighted by Crippen LogP contribution is -2.59. The molecule has 0 atom stereocenters. The van der Waals surface area contributed by atoms with Crippen molar-refractivity contribution in [2.45, 2.75) is 24.8 Å². The van der Waals surface area contributed by atoms with Crippen LogP contribution in [0.4, 0.5) is 0 Å². The van der Waals surface area contributed by atoms with Gasteiger partial charge in [-0.05, 0) is 37.5 Å². The van der Waals surface area contributed by atoms with Crippen molar-refractivity contribution in [2.75, 3.05) is 0 Å². The minimum Gasteiger partial charge on any atom is -0.480 e. The van der Waals surface area contributed by atoms with E-state index >= 15 is 0 Å². The zero-order valence-corrected chi connectivity index (χ0v) is 10.7. The zero-order valence-electron chi connectivity index (χ0n) is 10.7. The van der Waals surface area contributed by atoms with Gasteiger partial charge >= 0.3 is 5.97 Å². The first kappa shape index (κ1) is 12.5. The third-order valence-electron chi connectivity index (χ3n) is 3.70. The molecule has 1 aliphatic carbocycles. The number of aliphatic carboxylic acids is 1. The van der Waals surface area contributed by atoms with Crippen LogP contribution in [-0.4, -0.2) is 32.5 Å². The number of nitrogens with one attached hydrogen (secondary N) is 1. The van der Waals surface area contributed by atoms with Crippen LogP contribution < -0.4 is 5.32 Å². The molecule has 2 aromatic rings. The summed E-state index contributed by atoms with van der Waals surface area (Å²) >= 11 is 0. The molecule has 0 radical (unpaired) electrons. The normalized spacial score (nSPS) is 16.4. The summed E-state index contributed by atoms with van der Waals surface area (Å²) in [6, 6.07) is 4.94. The highest BCUT2D eigenvalue weighted by molar-refractivity contribution is 6.00. The zero-order chi connectivity index (χ0) is 14.2. The average Bonchev–Trinajstić information content (AvgIpc) is 2.41. The molecule has 1 fully saturated rings. The van der Waals surface area contributed by atoms with Crippen molar-refractivity contribution in [1.82, 2.24) is 15.3 Å². The molecule has 0 aliphatic heterocycles. The molecule has 1 saturated carbocycles. The predicted molar refractivity (Wildman–Crippen MR) is 71.2 cm³/mol. The van der Waals surface area contributed by atoms with E-state index in [1.54, 1.807) is 30.6 Å². The van der Waals surface area contributed by atoms with Gasteiger partial charge in [-0.1, -0.05) is 0 Å². The molecule has 0 spiro atoms. The third kappa shape index (κ3) is 1.99. The lowest BCUT2D eigenvalue weighted by atomic mass is 9.76. The number of fused-ring (bicyclic) bond motifs is 1. The van der Waals surface area contributed by atoms with Gasteiger partial charge in [-0.15, -0.1) is 0 Å². The molecule has 1 heterocycles. The van der Waals surface area contributed by atoms with Crippen LogP contribution >= 0.6 is 0 Å². The van der Waals surface area contributed by atoms with E-state index in [-0.39, 0.29) is 5.91 Å². The molecule has 3 rings (SSSR count). The standard InChI is InChI=1S/C14H13N3O3/c18-12(17-14(13(19)20)4-1-5-14)9-2-3-10-11(8-9)16-7-6-15-10/h2-3,6-8H,1,4-5H2,(H,17,18)(H,19,20). The van der Waals surface area contributed by atoms with E-state index in [1.165, 1.54) is 0 Å². The van der Waals surface area contributed by atoms with E-state index in [4.69, 9.17) is 0 Å². The van der Waals surface area contributed by atoms with Gasteiger partial charge in [-0.2, -0.15) is 0 Å². The second-order valence-electron chi connectivity index (χ2n) is 4.95. The maximum Gasteiger partial charge on any atom is 0.329 e. The third-order valence-corrected chi connectivity index (χ3v) is 3.70. The first-order valence-corrected chi connectivity index (χ1v) is 6.37. The van der Waals surface area contributed by atoms with Gasteiger partial charge in [0.15, 0.2) is 0 Å². The summed E-state index contributed by atoms with van der Waals surface area (Å²) in [6.45, 7) is 0. The number of carboxylic acids is 1. The van der Waals surface area contributed by atoms with Gasteiger partial charge in [-0.25, -0.2) is 4.79 Å². The van der Waals surface area contributed by atoms with Gasteiger partial charge in [0.2, 0.25) is 0 Å². The van der Waals surface area contributed by atoms with E-state index < -0.39 is 11.5 Å². The van der Waals surface area contributed by atoms with Crippen molar-refractivity contribution in [1.29, 1.82) is 0 Å². The Bertz CT molecular complexity index is 695. The van der Waals surface area contributed by atoms with E-state index in [0.717, 1.165) is 6.42 Å². The first-order valence-electron chi connectivity index (χ1n) is 6.37. The number of rotatable bonds is 3. The number of carbonyl (C=O) groups is 2. The summed E-state index contributed by atoms with van der Waals surface area (Å²) in [5, 5.41) is 11.8. The molecule has 6 heteroatoms. The number of hydrogen-bond donors (Lipinski definition) is 2. The molecule has 0 bridgehead atoms. The summed E-state index contributed by atoms with van der Waals surface area (Å²) in [5.74, 6) is -1.36. The van der Waals surface area contributed by atoms with Crippen LogP contribution in [0.2, 0.25) is 0 Å². The molecule has 0 saturated heterocycles. The lowest BCUT2D eigenvalue weighted by molar-refractivity contribution is -0.148. The molecule has 102 valence electrons. The van der Waals surface area contributed by atoms with Gasteiger partial charge in [0.25, 0.3) is 5.91 Å². The molecule has 20 heavy (non-hydrogen) atoms. The van der Waals surface area contributed by atoms with E-state index in [0.29, 0.717) is 29.4 Å². The molecule has 1 aromatic heterocycles. The van der Waals surface area contributed by atoms with Gasteiger partial charge < -0.3 is 10.4 Å². The number of hydrogen-bond acceptors (Lipinski definition) is 4. The molecular formula is C14H13N3O3. The Morgan fingerprint density at radius 2 is 1.85 bits per heavy atom. The molecule has 1 aromatic carbocycles. The van der Waals surface area contributed by atoms with Gasteiger partial charge in [0, 0.05) is 18.0 Å². The molecule has 1 amide bonds. The summed E-state index contributed by atoms with van der Waals surface area (Å²) in [6.07, 6.45) is 4.89. The summed E-state index contributed by atoms with van der Waals surface area (Å²) in [4.78, 5) is 31.7. The fraction of sp³-hybridized carbons (Fsp3) is 0.286. The smallest absolute Gasteiger partial charge is 0.329 e. The van der Waals surface area contributed by atoms with Gasteiger partial charge in [0.05, 0.1) is 11.0 Å². The second-order valence-corrected chi connectivity index (χ2v) is 4.95. The highest BCUT2D eigenvalue weighted by Crippen LogP contribution is 2.32. The van der Waals surface area contributed by atoms with Gasteiger partial charge in [-0.3, -0.25) is 14.8 Å². The minimum absolute atomic E-state index is 0.389. The lowest BCUT2D eigenvalue weighted by Gasteiger charge is -2.38. The Morgan fingerprint density at radius 1 is 1.15 bits per heavy atom. The van der Waals surface area contributed by atoms with Crippen LogP contribution in [0.25, 0.3) is 11.0 Å². The Labute approximate surface area is 114 Å². The van der Waals surface area contributed by atoms with Crippen molar-refractivity contribution in [3.8, 4) is 0 Å². The van der Waals surface area contributed by atoms with E-state index in [2.05, 4.69) is 15.3 Å². The molecule has 0 unspecified atom stereocenters. The minimum atomic E-state index is -1.10. The van der Waals surface area contributed by atoms with Crippen molar-refractivity contribution in [3.05, 3.63) is 36.2 Å². The number of benzene rings is 1. The number of aromatic nitrogens is 2. The summed E-state index contributed by atoms with van der Waals surface area (Å²) in [7, 11) is 0. The van der Waals surface area contributed by atoms with Crippen molar-refractivity contribution in [2.24, 2.45) is 0 Å². The summed E-state index contributed by atoms with van der Waals surface area (Å²) < 4.78 is 0. The Balaban J connectivity index is 1.87. The van der Waals surface area contributed by atoms with Crippen LogP contribution in [-0.2, 0) is 4.79 Å². The maximum absolute atomic E-state index is 12.2. The quantitative estimate of drug-likeness (QED) is 0.879. The number of carbonyl (C=O) groups excluding carboxylic acids is 1. The van der Waals surface area contributed by atoms with Crippen LogP contribution in [0.15, 0.2) is 30.6 Å². The first-order chi connectivity index (χ1) is 9.61. The fourth-order valence-electron chi connectivity index (χ4n) is 2.32. The molecular weight excluding hydrogens is 258 g/mol. The number of carboxylic acid groups (broad SMARTS) is 1. The molecule has 2 N–H and O–H groups in total. The predicted octanol–water partition coefficient (Wildman–Crippen LogP) is 1.37. The highest BCUT2D eigenvalue weighted by Gasteiger charge is 2.45. The Morgan fingerprint density at radius 3 is 2.45 bits per heavy atom. The maximum atomic E-state index is 12.2. The monoisotopic (exact) mass is 271 g/mol. The second kappa shape index (κ2) is 4.56. The van der Waals surface area contributed by atoms with E-state index in [9.17, 15) is 14.7 Å². The molecule has 1 aliphatic rings. The van der Waals surface area contributed by atoms with Crippen molar-refractivity contribution < 1.29 is 14.7 Å². The largest absolute Gasteiger partial charge is 0.480 e. The topological polar surface area (TPSA) is 92.2 Å². The van der Waals surface area contributed by atoms with E-state index in [1.807, 2.05) is 0 Å². The van der Waals surface area contributed by atoms with Crippen molar-refractivity contribution >= 4 is 22.9 Å². The van der Waals surface area contributed by atoms with Crippen LogP contribution in [0.1, 0.15) is 29.6 Å². The van der Waals surface area contributed by atoms with Crippen molar-refractivity contribution in [3.63, 3.8) is 0 Å². The number of amides is 1. The van der Waals surface area contributed by atoms with Gasteiger partial charge in [0.1, 0.15) is 5.54 Å². The highest BCUT2D eigenvalue weighted by atomic mass is 16.4. The average molecular weight is 271 g/mol. The molecule has 6 nitrogen and oxygen atoms in total. The Kier molecular flexibility index (Phi) is 2.85. The van der Waals surface area contributed by atoms with Crippen LogP contribution in [0.3, 0.4) is 0 Å². The Hall–Kier alpha value is -2.50.